The fourth-order valence-corrected chi connectivity index (χ4v) is 3.99. The number of likely N-dealkylation sites (tertiary alicyclic amines) is 1. The van der Waals surface area contributed by atoms with Gasteiger partial charge in [0.1, 0.15) is 17.1 Å². The maximum atomic E-state index is 14.2. The van der Waals surface area contributed by atoms with Crippen LogP contribution in [-0.4, -0.2) is 24.1 Å². The molecule has 30 heavy (non-hydrogen) atoms. The van der Waals surface area contributed by atoms with Crippen LogP contribution in [0.15, 0.2) is 45.6 Å². The zero-order valence-corrected chi connectivity index (χ0v) is 17.3. The second-order valence-electron chi connectivity index (χ2n) is 7.44. The molecule has 0 atom stereocenters. The van der Waals surface area contributed by atoms with Crippen LogP contribution in [0, 0.1) is 12.7 Å². The number of halogens is 2. The molecule has 0 unspecified atom stereocenters. The first kappa shape index (κ1) is 20.4. The smallest absolute Gasteiger partial charge is 0.415 e. The van der Waals surface area contributed by atoms with Crippen LogP contribution in [-0.2, 0) is 6.42 Å². The summed E-state index contributed by atoms with van der Waals surface area (Å²) in [5, 5.41) is 0.948. The average molecular weight is 430 g/mol. The summed E-state index contributed by atoms with van der Waals surface area (Å²) in [6, 6.07) is 9.34. The lowest BCUT2D eigenvalue weighted by molar-refractivity contribution is 0.142. The molecule has 0 bridgehead atoms. The number of piperidine rings is 1. The first-order valence-corrected chi connectivity index (χ1v) is 10.3. The van der Waals surface area contributed by atoms with Crippen molar-refractivity contribution < 1.29 is 18.3 Å². The summed E-state index contributed by atoms with van der Waals surface area (Å²) in [6.45, 7) is 3.15. The molecule has 1 aromatic heterocycles. The number of aryl methyl sites for hydroxylation is 1. The van der Waals surface area contributed by atoms with Crippen molar-refractivity contribution in [3.63, 3.8) is 0 Å². The highest BCUT2D eigenvalue weighted by Crippen LogP contribution is 2.28. The van der Waals surface area contributed by atoms with Gasteiger partial charge in [-0.05, 0) is 56.0 Å². The van der Waals surface area contributed by atoms with Gasteiger partial charge in [0.05, 0.1) is 0 Å². The molecule has 1 amide bonds. The fourth-order valence-electron chi connectivity index (χ4n) is 3.76. The Bertz CT molecular complexity index is 1150. The minimum absolute atomic E-state index is 0.0291. The largest absolute Gasteiger partial charge is 0.422 e. The second kappa shape index (κ2) is 8.48. The summed E-state index contributed by atoms with van der Waals surface area (Å²) in [5.74, 6) is -0.160. The molecule has 0 spiro atoms. The summed E-state index contributed by atoms with van der Waals surface area (Å²) in [6.07, 6.45) is 2.68. The van der Waals surface area contributed by atoms with E-state index in [4.69, 9.17) is 20.8 Å². The summed E-state index contributed by atoms with van der Waals surface area (Å²) in [7, 11) is 0. The van der Waals surface area contributed by atoms with Crippen molar-refractivity contribution in [1.29, 1.82) is 0 Å². The van der Waals surface area contributed by atoms with Gasteiger partial charge in [0.2, 0.25) is 0 Å². The number of amides is 1. The third kappa shape index (κ3) is 4.05. The number of nitrogens with zero attached hydrogens (tertiary/aromatic N) is 1. The van der Waals surface area contributed by atoms with Gasteiger partial charge in [-0.3, -0.25) is 0 Å². The Morgan fingerprint density at radius 3 is 2.67 bits per heavy atom. The van der Waals surface area contributed by atoms with Crippen LogP contribution in [0.4, 0.5) is 9.18 Å². The summed E-state index contributed by atoms with van der Waals surface area (Å²) < 4.78 is 25.1. The Morgan fingerprint density at radius 1 is 1.17 bits per heavy atom. The molecule has 2 aromatic carbocycles. The number of carbonyl (C=O) groups excluding carboxylic acids is 1. The average Bonchev–Trinajstić information content (AvgIpc) is 2.73. The molecule has 7 heteroatoms. The number of benzene rings is 2. The van der Waals surface area contributed by atoms with Crippen LogP contribution >= 0.6 is 11.6 Å². The summed E-state index contributed by atoms with van der Waals surface area (Å²) in [4.78, 5) is 26.6. The molecule has 1 fully saturated rings. The minimum Gasteiger partial charge on any atom is -0.422 e. The van der Waals surface area contributed by atoms with Gasteiger partial charge >= 0.3 is 11.7 Å². The predicted molar refractivity (Wildman–Crippen MR) is 113 cm³/mol. The van der Waals surface area contributed by atoms with E-state index in [9.17, 15) is 14.0 Å². The molecule has 4 rings (SSSR count). The molecule has 0 aliphatic carbocycles. The second-order valence-corrected chi connectivity index (χ2v) is 7.85. The number of fused-ring (bicyclic) bond motifs is 1. The minimum atomic E-state index is -0.571. The van der Waals surface area contributed by atoms with Crippen molar-refractivity contribution in [2.75, 3.05) is 13.1 Å². The Morgan fingerprint density at radius 2 is 1.93 bits per heavy atom. The molecule has 1 saturated heterocycles. The number of hydrogen-bond donors (Lipinski definition) is 0. The molecule has 0 saturated carbocycles. The van der Waals surface area contributed by atoms with Crippen LogP contribution in [0.2, 0.25) is 5.02 Å². The number of carbonyl (C=O) groups is 1. The topological polar surface area (TPSA) is 59.8 Å². The lowest BCUT2D eigenvalue weighted by Gasteiger charge is -2.25. The summed E-state index contributed by atoms with van der Waals surface area (Å²) in [5.41, 5.74) is 1.01. The molecule has 5 nitrogen and oxygen atoms in total. The third-order valence-electron chi connectivity index (χ3n) is 5.49. The zero-order chi connectivity index (χ0) is 21.3. The van der Waals surface area contributed by atoms with Crippen LogP contribution in [0.5, 0.6) is 5.75 Å². The molecule has 0 radical (unpaired) electrons. The number of rotatable bonds is 3. The van der Waals surface area contributed by atoms with E-state index in [2.05, 4.69) is 0 Å². The van der Waals surface area contributed by atoms with E-state index >= 15 is 0 Å². The van der Waals surface area contributed by atoms with E-state index in [-0.39, 0.29) is 17.0 Å². The van der Waals surface area contributed by atoms with Crippen LogP contribution in [0.25, 0.3) is 11.0 Å². The van der Waals surface area contributed by atoms with Crippen LogP contribution in [0.1, 0.15) is 36.0 Å². The van der Waals surface area contributed by atoms with Crippen molar-refractivity contribution in [2.24, 2.45) is 0 Å². The molecule has 0 N–H and O–H groups in total. The van der Waals surface area contributed by atoms with Crippen molar-refractivity contribution in [3.05, 3.63) is 74.3 Å². The van der Waals surface area contributed by atoms with Crippen molar-refractivity contribution in [1.82, 2.24) is 4.90 Å². The van der Waals surface area contributed by atoms with E-state index in [0.29, 0.717) is 40.9 Å². The van der Waals surface area contributed by atoms with E-state index < -0.39 is 17.5 Å². The van der Waals surface area contributed by atoms with Crippen molar-refractivity contribution >= 4 is 28.7 Å². The first-order chi connectivity index (χ1) is 14.4. The van der Waals surface area contributed by atoms with Crippen molar-refractivity contribution in [3.8, 4) is 5.75 Å². The van der Waals surface area contributed by atoms with Crippen LogP contribution in [0.3, 0.4) is 0 Å². The number of ether oxygens (including phenoxy) is 1. The SMILES string of the molecule is Cc1c(Cc2c(F)cccc2Cl)c(=O)oc2cc(OC(=O)N3CCCCC3)ccc12. The molecule has 1 aliphatic rings. The maximum absolute atomic E-state index is 14.2. The van der Waals surface area contributed by atoms with Gasteiger partial charge in [-0.2, -0.15) is 0 Å². The normalized spacial score (nSPS) is 14.2. The Hall–Kier alpha value is -2.86. The molecular weight excluding hydrogens is 409 g/mol. The molecule has 156 valence electrons. The maximum Gasteiger partial charge on any atom is 0.415 e. The van der Waals surface area contributed by atoms with Gasteiger partial charge in [0.25, 0.3) is 0 Å². The predicted octanol–water partition coefficient (Wildman–Crippen LogP) is 5.47. The van der Waals surface area contributed by atoms with Gasteiger partial charge in [-0.25, -0.2) is 14.0 Å². The highest BCUT2D eigenvalue weighted by atomic mass is 35.5. The third-order valence-corrected chi connectivity index (χ3v) is 5.85. The van der Waals surface area contributed by atoms with Gasteiger partial charge in [0, 0.05) is 47.1 Å². The quantitative estimate of drug-likeness (QED) is 0.518. The van der Waals surface area contributed by atoms with Gasteiger partial charge in [-0.1, -0.05) is 17.7 Å². The number of hydrogen-bond acceptors (Lipinski definition) is 4. The van der Waals surface area contributed by atoms with E-state index in [1.54, 1.807) is 30.0 Å². The zero-order valence-electron chi connectivity index (χ0n) is 16.5. The van der Waals surface area contributed by atoms with Crippen LogP contribution < -0.4 is 10.4 Å². The van der Waals surface area contributed by atoms with Crippen molar-refractivity contribution in [2.45, 2.75) is 32.6 Å². The fraction of sp³-hybridized carbons (Fsp3) is 0.304. The standard InChI is InChI=1S/C23H21ClFNO4/c1-14-16-9-8-15(29-23(28)26-10-3-2-4-11-26)12-21(16)30-22(27)17(14)13-18-19(24)6-5-7-20(18)25/h5-9,12H,2-4,10-11,13H2,1H3. The van der Waals surface area contributed by atoms with Gasteiger partial charge < -0.3 is 14.1 Å². The van der Waals surface area contributed by atoms with Gasteiger partial charge in [0.15, 0.2) is 0 Å². The molecule has 2 heterocycles. The molecule has 1 aliphatic heterocycles. The van der Waals surface area contributed by atoms with E-state index in [1.165, 1.54) is 18.2 Å². The van der Waals surface area contributed by atoms with Gasteiger partial charge in [-0.15, -0.1) is 0 Å². The lowest BCUT2D eigenvalue weighted by atomic mass is 9.99. The highest BCUT2D eigenvalue weighted by molar-refractivity contribution is 6.31. The monoisotopic (exact) mass is 429 g/mol. The highest BCUT2D eigenvalue weighted by Gasteiger charge is 2.20. The molecular formula is C23H21ClFNO4. The Balaban J connectivity index is 1.64. The lowest BCUT2D eigenvalue weighted by Crippen LogP contribution is -2.37. The van der Waals surface area contributed by atoms with E-state index in [0.717, 1.165) is 19.3 Å². The first-order valence-electron chi connectivity index (χ1n) is 9.90. The molecule has 3 aromatic rings. The summed E-state index contributed by atoms with van der Waals surface area (Å²) >= 11 is 6.11. The van der Waals surface area contributed by atoms with E-state index in [1.807, 2.05) is 0 Å². The Kier molecular flexibility index (Phi) is 5.77. The Labute approximate surface area is 178 Å².